The van der Waals surface area contributed by atoms with Crippen LogP contribution in [-0.4, -0.2) is 26.6 Å². The second-order valence-corrected chi connectivity index (χ2v) is 3.80. The van der Waals surface area contributed by atoms with Gasteiger partial charge in [0.2, 0.25) is 0 Å². The van der Waals surface area contributed by atoms with Crippen LogP contribution in [0.5, 0.6) is 11.5 Å². The monoisotopic (exact) mass is 252 g/mol. The topological polar surface area (TPSA) is 44.8 Å². The van der Waals surface area contributed by atoms with E-state index in [2.05, 4.69) is 0 Å². The Balaban J connectivity index is 3.13. The summed E-state index contributed by atoms with van der Waals surface area (Å²) in [7, 11) is 3.16. The van der Waals surface area contributed by atoms with Crippen LogP contribution in [0, 0.1) is 0 Å². The molecule has 18 heavy (non-hydrogen) atoms. The third-order valence-corrected chi connectivity index (χ3v) is 2.65. The van der Waals surface area contributed by atoms with Gasteiger partial charge in [-0.2, -0.15) is 0 Å². The zero-order valence-corrected chi connectivity index (χ0v) is 11.4. The summed E-state index contributed by atoms with van der Waals surface area (Å²) in [6.45, 7) is 4.18. The van der Waals surface area contributed by atoms with E-state index >= 15 is 0 Å². The first kappa shape index (κ1) is 14.5. The molecular weight excluding hydrogens is 232 g/mol. The van der Waals surface area contributed by atoms with E-state index in [0.717, 1.165) is 5.56 Å². The minimum Gasteiger partial charge on any atom is -0.497 e. The highest BCUT2D eigenvalue weighted by Crippen LogP contribution is 2.29. The molecule has 1 aromatic carbocycles. The molecule has 0 saturated heterocycles. The molecular formula is C14H20O4. The largest absolute Gasteiger partial charge is 0.497 e. The van der Waals surface area contributed by atoms with Crippen molar-refractivity contribution in [3.05, 3.63) is 23.8 Å². The highest BCUT2D eigenvalue weighted by Gasteiger charge is 2.20. The van der Waals surface area contributed by atoms with Crippen molar-refractivity contribution in [2.24, 2.45) is 0 Å². The number of hydrogen-bond acceptors (Lipinski definition) is 4. The molecule has 1 unspecified atom stereocenters. The molecule has 0 aliphatic heterocycles. The number of benzene rings is 1. The Morgan fingerprint density at radius 3 is 2.06 bits per heavy atom. The molecule has 0 aliphatic carbocycles. The normalized spacial score (nSPS) is 12.0. The Morgan fingerprint density at radius 1 is 1.11 bits per heavy atom. The van der Waals surface area contributed by atoms with Crippen LogP contribution in [-0.2, 0) is 9.53 Å². The van der Waals surface area contributed by atoms with Gasteiger partial charge in [-0.25, -0.2) is 0 Å². The van der Waals surface area contributed by atoms with E-state index in [1.54, 1.807) is 32.4 Å². The average Bonchev–Trinajstić information content (AvgIpc) is 2.43. The number of ketones is 1. The van der Waals surface area contributed by atoms with Crippen molar-refractivity contribution >= 4 is 5.78 Å². The van der Waals surface area contributed by atoms with Crippen molar-refractivity contribution in [1.29, 1.82) is 0 Å². The van der Waals surface area contributed by atoms with Crippen molar-refractivity contribution in [3.8, 4) is 11.5 Å². The van der Waals surface area contributed by atoms with Crippen LogP contribution in [0.2, 0.25) is 0 Å². The Kier molecular flexibility index (Phi) is 5.65. The van der Waals surface area contributed by atoms with E-state index in [1.807, 2.05) is 13.8 Å². The van der Waals surface area contributed by atoms with E-state index in [9.17, 15) is 4.79 Å². The molecule has 1 aromatic rings. The lowest BCUT2D eigenvalue weighted by atomic mass is 10.0. The van der Waals surface area contributed by atoms with Crippen molar-refractivity contribution in [2.75, 3.05) is 20.8 Å². The van der Waals surface area contributed by atoms with Gasteiger partial charge in [0.25, 0.3) is 0 Å². The summed E-state index contributed by atoms with van der Waals surface area (Å²) in [5.41, 5.74) is 0.764. The molecule has 1 rings (SSSR count). The van der Waals surface area contributed by atoms with Crippen LogP contribution in [0.3, 0.4) is 0 Å². The smallest absolute Gasteiger partial charge is 0.165 e. The first-order chi connectivity index (χ1) is 8.65. The molecule has 0 aliphatic rings. The first-order valence-electron chi connectivity index (χ1n) is 6.03. The summed E-state index contributed by atoms with van der Waals surface area (Å²) in [5, 5.41) is 0. The molecule has 0 radical (unpaired) electrons. The molecule has 0 heterocycles. The number of methoxy groups -OCH3 is 2. The van der Waals surface area contributed by atoms with Gasteiger partial charge in [-0.3, -0.25) is 4.79 Å². The van der Waals surface area contributed by atoms with E-state index in [0.29, 0.717) is 24.5 Å². The van der Waals surface area contributed by atoms with Crippen LogP contribution in [0.1, 0.15) is 31.9 Å². The number of hydrogen-bond donors (Lipinski definition) is 0. The van der Waals surface area contributed by atoms with Crippen LogP contribution in [0.4, 0.5) is 0 Å². The van der Waals surface area contributed by atoms with Crippen LogP contribution < -0.4 is 9.47 Å². The average molecular weight is 252 g/mol. The van der Waals surface area contributed by atoms with Crippen molar-refractivity contribution < 1.29 is 19.0 Å². The number of carbonyl (C=O) groups is 1. The third kappa shape index (κ3) is 3.47. The molecule has 0 amide bonds. The quantitative estimate of drug-likeness (QED) is 0.748. The second-order valence-electron chi connectivity index (χ2n) is 3.80. The second kappa shape index (κ2) is 7.01. The zero-order valence-electron chi connectivity index (χ0n) is 11.4. The SMILES string of the molecule is CCOC(C(=O)CC)c1cc(OC)cc(OC)c1. The summed E-state index contributed by atoms with van der Waals surface area (Å²) in [5.74, 6) is 1.35. The van der Waals surface area contributed by atoms with Gasteiger partial charge >= 0.3 is 0 Å². The fourth-order valence-corrected chi connectivity index (χ4v) is 1.71. The molecule has 0 spiro atoms. The number of rotatable bonds is 7. The van der Waals surface area contributed by atoms with Gasteiger partial charge in [-0.15, -0.1) is 0 Å². The fourth-order valence-electron chi connectivity index (χ4n) is 1.71. The lowest BCUT2D eigenvalue weighted by Crippen LogP contribution is -2.15. The van der Waals surface area contributed by atoms with E-state index in [4.69, 9.17) is 14.2 Å². The van der Waals surface area contributed by atoms with Gasteiger partial charge < -0.3 is 14.2 Å². The van der Waals surface area contributed by atoms with Crippen LogP contribution >= 0.6 is 0 Å². The van der Waals surface area contributed by atoms with Gasteiger partial charge in [0.15, 0.2) is 5.78 Å². The summed E-state index contributed by atoms with van der Waals surface area (Å²) in [4.78, 5) is 11.9. The Bertz CT molecular complexity index is 379. The summed E-state index contributed by atoms with van der Waals surface area (Å²) in [6.07, 6.45) is -0.117. The van der Waals surface area contributed by atoms with Crippen molar-refractivity contribution in [3.63, 3.8) is 0 Å². The molecule has 1 atom stereocenters. The van der Waals surface area contributed by atoms with Gasteiger partial charge in [0, 0.05) is 19.1 Å². The summed E-state index contributed by atoms with van der Waals surface area (Å²) >= 11 is 0. The molecule has 0 saturated carbocycles. The minimum absolute atomic E-state index is 0.0483. The Morgan fingerprint density at radius 2 is 1.67 bits per heavy atom. The van der Waals surface area contributed by atoms with Gasteiger partial charge in [-0.1, -0.05) is 6.92 Å². The van der Waals surface area contributed by atoms with E-state index < -0.39 is 6.10 Å². The van der Waals surface area contributed by atoms with Gasteiger partial charge in [-0.05, 0) is 24.6 Å². The summed E-state index contributed by atoms with van der Waals surface area (Å²) < 4.78 is 15.9. The Hall–Kier alpha value is -1.55. The van der Waals surface area contributed by atoms with Crippen LogP contribution in [0.15, 0.2) is 18.2 Å². The highest BCUT2D eigenvalue weighted by molar-refractivity contribution is 5.84. The molecule has 0 N–H and O–H groups in total. The van der Waals surface area contributed by atoms with Crippen molar-refractivity contribution in [2.45, 2.75) is 26.4 Å². The molecule has 4 heteroatoms. The highest BCUT2D eigenvalue weighted by atomic mass is 16.5. The lowest BCUT2D eigenvalue weighted by Gasteiger charge is -2.17. The predicted molar refractivity (Wildman–Crippen MR) is 69.2 cm³/mol. The van der Waals surface area contributed by atoms with Gasteiger partial charge in [0.05, 0.1) is 14.2 Å². The van der Waals surface area contributed by atoms with Crippen molar-refractivity contribution in [1.82, 2.24) is 0 Å². The number of Topliss-reactive ketones (excluding diaryl/α,β-unsaturated/α-hetero) is 1. The van der Waals surface area contributed by atoms with E-state index in [-0.39, 0.29) is 5.78 Å². The predicted octanol–water partition coefficient (Wildman–Crippen LogP) is 2.76. The third-order valence-electron chi connectivity index (χ3n) is 2.65. The summed E-state index contributed by atoms with van der Waals surface area (Å²) in [6, 6.07) is 5.37. The lowest BCUT2D eigenvalue weighted by molar-refractivity contribution is -0.130. The molecule has 0 fully saturated rings. The Labute approximate surface area is 108 Å². The van der Waals surface area contributed by atoms with Crippen LogP contribution in [0.25, 0.3) is 0 Å². The zero-order chi connectivity index (χ0) is 13.5. The van der Waals surface area contributed by atoms with Gasteiger partial charge in [0.1, 0.15) is 17.6 Å². The molecule has 100 valence electrons. The maximum absolute atomic E-state index is 11.9. The fraction of sp³-hybridized carbons (Fsp3) is 0.500. The van der Waals surface area contributed by atoms with E-state index in [1.165, 1.54) is 0 Å². The molecule has 0 bridgehead atoms. The number of carbonyl (C=O) groups excluding carboxylic acids is 1. The first-order valence-corrected chi connectivity index (χ1v) is 6.03. The maximum atomic E-state index is 11.9. The maximum Gasteiger partial charge on any atom is 0.165 e. The molecule has 4 nitrogen and oxygen atoms in total. The molecule has 0 aromatic heterocycles. The number of ether oxygens (including phenoxy) is 3. The standard InChI is InChI=1S/C14H20O4/c1-5-13(15)14(18-6-2)10-7-11(16-3)9-12(8-10)17-4/h7-9,14H,5-6H2,1-4H3. The minimum atomic E-state index is -0.552.